The molecule has 0 bridgehead atoms. The highest BCUT2D eigenvalue weighted by atomic mass is 19.3. The van der Waals surface area contributed by atoms with Crippen molar-refractivity contribution in [2.75, 3.05) is 0 Å². The smallest absolute Gasteiger partial charge is 0.408 e. The molecule has 0 aromatic carbocycles. The van der Waals surface area contributed by atoms with Gasteiger partial charge in [-0.2, -0.15) is 13.9 Å². The van der Waals surface area contributed by atoms with Crippen LogP contribution in [0.5, 0.6) is 0 Å². The molecule has 0 fully saturated rings. The van der Waals surface area contributed by atoms with Crippen molar-refractivity contribution in [3.8, 4) is 0 Å². The van der Waals surface area contributed by atoms with E-state index in [4.69, 9.17) is 4.74 Å². The zero-order valence-corrected chi connectivity index (χ0v) is 11.5. The molecule has 5 nitrogen and oxygen atoms in total. The Morgan fingerprint density at radius 1 is 1.53 bits per heavy atom. The fraction of sp³-hybridized carbons (Fsp3) is 0.667. The van der Waals surface area contributed by atoms with Gasteiger partial charge in [0.2, 0.25) is 0 Å². The van der Waals surface area contributed by atoms with Gasteiger partial charge in [0.25, 0.3) is 0 Å². The maximum absolute atomic E-state index is 12.4. The molecule has 1 aromatic heterocycles. The van der Waals surface area contributed by atoms with Gasteiger partial charge in [-0.25, -0.2) is 9.48 Å². The van der Waals surface area contributed by atoms with Crippen LogP contribution in [-0.2, 0) is 4.74 Å². The highest BCUT2D eigenvalue weighted by Gasteiger charge is 2.21. The normalized spacial score (nSPS) is 13.4. The topological polar surface area (TPSA) is 56.1 Å². The molecule has 19 heavy (non-hydrogen) atoms. The fourth-order valence-electron chi connectivity index (χ4n) is 1.48. The number of alkyl halides is 2. The second-order valence-corrected chi connectivity index (χ2v) is 5.11. The molecular weight excluding hydrogens is 256 g/mol. The van der Waals surface area contributed by atoms with Crippen LogP contribution in [-0.4, -0.2) is 21.5 Å². The maximum Gasteiger partial charge on any atom is 0.408 e. The summed E-state index contributed by atoms with van der Waals surface area (Å²) in [5.74, 6) is 0. The van der Waals surface area contributed by atoms with E-state index in [1.165, 1.54) is 12.3 Å². The van der Waals surface area contributed by atoms with Gasteiger partial charge >= 0.3 is 12.6 Å². The molecule has 0 aliphatic rings. The van der Waals surface area contributed by atoms with E-state index >= 15 is 0 Å². The second kappa shape index (κ2) is 5.99. The molecule has 0 aliphatic carbocycles. The number of nitrogens with zero attached hydrogens (tertiary/aromatic N) is 2. The third-order valence-corrected chi connectivity index (χ3v) is 2.29. The average Bonchev–Trinajstić information content (AvgIpc) is 2.72. The van der Waals surface area contributed by atoms with E-state index in [0.29, 0.717) is 16.8 Å². The molecule has 0 saturated carbocycles. The monoisotopic (exact) mass is 275 g/mol. The van der Waals surface area contributed by atoms with Gasteiger partial charge in [-0.05, 0) is 33.3 Å². The van der Waals surface area contributed by atoms with Gasteiger partial charge in [-0.1, -0.05) is 6.92 Å². The minimum atomic E-state index is -2.69. The van der Waals surface area contributed by atoms with E-state index in [2.05, 4.69) is 10.4 Å². The molecule has 7 heteroatoms. The quantitative estimate of drug-likeness (QED) is 0.917. The number of alkyl carbamates (subject to hydrolysis) is 1. The van der Waals surface area contributed by atoms with Crippen LogP contribution < -0.4 is 5.32 Å². The Balaban J connectivity index is 2.69. The van der Waals surface area contributed by atoms with Crippen LogP contribution >= 0.6 is 0 Å². The third-order valence-electron chi connectivity index (χ3n) is 2.29. The van der Waals surface area contributed by atoms with E-state index in [1.54, 1.807) is 20.8 Å². The number of hydrogen-bond donors (Lipinski definition) is 1. The van der Waals surface area contributed by atoms with Crippen molar-refractivity contribution in [3.05, 3.63) is 18.0 Å². The molecule has 1 N–H and O–H groups in total. The molecule has 0 spiro atoms. The third kappa shape index (κ3) is 4.84. The van der Waals surface area contributed by atoms with Crippen molar-refractivity contribution >= 4 is 6.09 Å². The summed E-state index contributed by atoms with van der Waals surface area (Å²) in [7, 11) is 0. The van der Waals surface area contributed by atoms with Crippen molar-refractivity contribution in [2.24, 2.45) is 0 Å². The van der Waals surface area contributed by atoms with Gasteiger partial charge in [0.15, 0.2) is 0 Å². The lowest BCUT2D eigenvalue weighted by Gasteiger charge is -2.22. The summed E-state index contributed by atoms with van der Waals surface area (Å²) >= 11 is 0. The predicted molar refractivity (Wildman–Crippen MR) is 65.9 cm³/mol. The fourth-order valence-corrected chi connectivity index (χ4v) is 1.48. The van der Waals surface area contributed by atoms with E-state index < -0.39 is 24.3 Å². The lowest BCUT2D eigenvalue weighted by Crippen LogP contribution is -2.35. The first-order valence-corrected chi connectivity index (χ1v) is 6.05. The van der Waals surface area contributed by atoms with E-state index in [0.717, 1.165) is 0 Å². The lowest BCUT2D eigenvalue weighted by molar-refractivity contribution is 0.0495. The number of ether oxygens (including phenoxy) is 1. The summed E-state index contributed by atoms with van der Waals surface area (Å²) in [6.07, 6.45) is 1.12. The van der Waals surface area contributed by atoms with Crippen LogP contribution in [0.3, 0.4) is 0 Å². The van der Waals surface area contributed by atoms with Crippen LogP contribution in [0.25, 0.3) is 0 Å². The molecule has 1 amide bonds. The summed E-state index contributed by atoms with van der Waals surface area (Å²) in [5.41, 5.74) is -0.223. The Kier molecular flexibility index (Phi) is 4.85. The van der Waals surface area contributed by atoms with E-state index in [1.807, 2.05) is 6.92 Å². The van der Waals surface area contributed by atoms with Crippen molar-refractivity contribution in [2.45, 2.75) is 52.3 Å². The number of nitrogens with one attached hydrogen (secondary N) is 1. The van der Waals surface area contributed by atoms with Crippen molar-refractivity contribution in [1.29, 1.82) is 0 Å². The first kappa shape index (κ1) is 15.4. The molecule has 1 atom stereocenters. The van der Waals surface area contributed by atoms with Gasteiger partial charge in [0.05, 0.1) is 11.7 Å². The highest BCUT2D eigenvalue weighted by Crippen LogP contribution is 2.18. The van der Waals surface area contributed by atoms with Crippen LogP contribution in [0.4, 0.5) is 13.6 Å². The number of hydrogen-bond acceptors (Lipinski definition) is 3. The minimum Gasteiger partial charge on any atom is -0.444 e. The van der Waals surface area contributed by atoms with Crippen LogP contribution in [0, 0.1) is 0 Å². The Hall–Kier alpha value is -1.66. The van der Waals surface area contributed by atoms with Crippen molar-refractivity contribution < 1.29 is 18.3 Å². The SMILES string of the molecule is CC[C@@H](NC(=O)OC(C)(C)C)c1ccn(C(F)F)n1. The summed E-state index contributed by atoms with van der Waals surface area (Å²) in [5, 5.41) is 6.34. The first-order valence-electron chi connectivity index (χ1n) is 6.05. The molecular formula is C12H19F2N3O2. The van der Waals surface area contributed by atoms with Crippen LogP contribution in [0.2, 0.25) is 0 Å². The number of halogens is 2. The van der Waals surface area contributed by atoms with Gasteiger partial charge in [0.1, 0.15) is 5.60 Å². The van der Waals surface area contributed by atoms with Crippen LogP contribution in [0.1, 0.15) is 52.4 Å². The molecule has 1 heterocycles. The second-order valence-electron chi connectivity index (χ2n) is 5.11. The Bertz CT molecular complexity index is 427. The van der Waals surface area contributed by atoms with Gasteiger partial charge < -0.3 is 10.1 Å². The largest absolute Gasteiger partial charge is 0.444 e. The van der Waals surface area contributed by atoms with E-state index in [-0.39, 0.29) is 0 Å². The zero-order chi connectivity index (χ0) is 14.6. The first-order chi connectivity index (χ1) is 8.73. The molecule has 0 unspecified atom stereocenters. The number of carbonyl (C=O) groups excluding carboxylic acids is 1. The Morgan fingerprint density at radius 2 is 2.16 bits per heavy atom. The molecule has 1 rings (SSSR count). The molecule has 108 valence electrons. The predicted octanol–water partition coefficient (Wildman–Crippen LogP) is 3.25. The maximum atomic E-state index is 12.4. The molecule has 0 aliphatic heterocycles. The average molecular weight is 275 g/mol. The number of carbonyl (C=O) groups is 1. The summed E-state index contributed by atoms with van der Waals surface area (Å²) in [4.78, 5) is 11.6. The summed E-state index contributed by atoms with van der Waals surface area (Å²) < 4.78 is 30.5. The lowest BCUT2D eigenvalue weighted by atomic mass is 10.1. The number of aromatic nitrogens is 2. The molecule has 0 radical (unpaired) electrons. The number of rotatable bonds is 4. The van der Waals surface area contributed by atoms with Gasteiger partial charge in [-0.15, -0.1) is 0 Å². The zero-order valence-electron chi connectivity index (χ0n) is 11.5. The van der Waals surface area contributed by atoms with Gasteiger partial charge in [-0.3, -0.25) is 0 Å². The van der Waals surface area contributed by atoms with Crippen molar-refractivity contribution in [3.63, 3.8) is 0 Å². The highest BCUT2D eigenvalue weighted by molar-refractivity contribution is 5.68. The Morgan fingerprint density at radius 3 is 2.58 bits per heavy atom. The number of amides is 1. The van der Waals surface area contributed by atoms with Crippen molar-refractivity contribution in [1.82, 2.24) is 15.1 Å². The molecule has 1 aromatic rings. The van der Waals surface area contributed by atoms with E-state index in [9.17, 15) is 13.6 Å². The summed E-state index contributed by atoms with van der Waals surface area (Å²) in [6, 6.07) is 1.01. The minimum absolute atomic E-state index is 0.383. The van der Waals surface area contributed by atoms with Crippen LogP contribution in [0.15, 0.2) is 12.3 Å². The standard InChI is InChI=1S/C12H19F2N3O2/c1-5-8(15-11(18)19-12(2,3)4)9-6-7-17(16-9)10(13)14/h6-8,10H,5H2,1-4H3,(H,15,18)/t8-/m1/s1. The summed E-state index contributed by atoms with van der Waals surface area (Å²) in [6.45, 7) is 4.38. The Labute approximate surface area is 110 Å². The van der Waals surface area contributed by atoms with Gasteiger partial charge in [0, 0.05) is 6.20 Å². The molecule has 0 saturated heterocycles.